The Hall–Kier alpha value is -1.53. The normalized spacial score (nSPS) is 29.0. The molecule has 1 amide bonds. The molecule has 6 heteroatoms. The molecule has 0 bridgehead atoms. The van der Waals surface area contributed by atoms with Crippen LogP contribution in [0.3, 0.4) is 0 Å². The Morgan fingerprint density at radius 2 is 2.48 bits per heavy atom. The molecular formula is C15H21N3O3. The van der Waals surface area contributed by atoms with Gasteiger partial charge in [0.05, 0.1) is 31.1 Å². The van der Waals surface area contributed by atoms with Crippen molar-refractivity contribution in [2.45, 2.75) is 37.9 Å². The van der Waals surface area contributed by atoms with Crippen molar-refractivity contribution in [1.82, 2.24) is 14.9 Å². The Balaban J connectivity index is 1.68. The van der Waals surface area contributed by atoms with Crippen molar-refractivity contribution < 1.29 is 14.3 Å². The van der Waals surface area contributed by atoms with Crippen LogP contribution in [-0.4, -0.2) is 58.8 Å². The Bertz CT molecular complexity index is 496. The predicted octanol–water partition coefficient (Wildman–Crippen LogP) is 1.28. The summed E-state index contributed by atoms with van der Waals surface area (Å²) in [7, 11) is 0. The number of aromatic nitrogens is 2. The van der Waals surface area contributed by atoms with Crippen LogP contribution >= 0.6 is 0 Å². The Morgan fingerprint density at radius 1 is 1.57 bits per heavy atom. The zero-order valence-electron chi connectivity index (χ0n) is 12.3. The maximum atomic E-state index is 12.5. The Labute approximate surface area is 124 Å². The molecule has 0 aromatic carbocycles. The lowest BCUT2D eigenvalue weighted by molar-refractivity contribution is -0.0463. The number of rotatable bonds is 3. The number of likely N-dealkylation sites (tertiary alicyclic amines) is 1. The van der Waals surface area contributed by atoms with E-state index >= 15 is 0 Å². The lowest BCUT2D eigenvalue weighted by atomic mass is 9.89. The van der Waals surface area contributed by atoms with Gasteiger partial charge in [0.25, 0.3) is 5.91 Å². The van der Waals surface area contributed by atoms with Gasteiger partial charge in [-0.05, 0) is 19.8 Å². The summed E-state index contributed by atoms with van der Waals surface area (Å²) >= 11 is 0. The molecule has 3 heterocycles. The molecule has 0 N–H and O–H groups in total. The zero-order valence-corrected chi connectivity index (χ0v) is 12.3. The summed E-state index contributed by atoms with van der Waals surface area (Å²) in [5.41, 5.74) is 0.157. The van der Waals surface area contributed by atoms with E-state index in [-0.39, 0.29) is 17.6 Å². The van der Waals surface area contributed by atoms with Crippen LogP contribution in [0.5, 0.6) is 0 Å². The van der Waals surface area contributed by atoms with Crippen LogP contribution in [0.25, 0.3) is 0 Å². The molecule has 2 fully saturated rings. The molecule has 2 aliphatic rings. The summed E-state index contributed by atoms with van der Waals surface area (Å²) < 4.78 is 11.7. The molecule has 1 spiro atoms. The average molecular weight is 291 g/mol. The molecule has 1 aromatic heterocycles. The van der Waals surface area contributed by atoms with E-state index in [0.29, 0.717) is 25.5 Å². The van der Waals surface area contributed by atoms with Crippen LogP contribution in [0, 0.1) is 0 Å². The number of nitrogens with zero attached hydrogens (tertiary/aromatic N) is 3. The third-order valence-electron chi connectivity index (χ3n) is 4.19. The SMILES string of the molecule is CCO[C@H]1CO[C@@]2(CCCN(C(=O)c3cnccn3)C2)C1. The van der Waals surface area contributed by atoms with Crippen LogP contribution in [0.1, 0.15) is 36.7 Å². The van der Waals surface area contributed by atoms with E-state index in [0.717, 1.165) is 25.8 Å². The molecule has 0 unspecified atom stereocenters. The van der Waals surface area contributed by atoms with Gasteiger partial charge in [-0.25, -0.2) is 4.98 Å². The van der Waals surface area contributed by atoms with E-state index in [1.807, 2.05) is 11.8 Å². The van der Waals surface area contributed by atoms with Gasteiger partial charge >= 0.3 is 0 Å². The van der Waals surface area contributed by atoms with Crippen molar-refractivity contribution in [2.24, 2.45) is 0 Å². The number of amides is 1. The molecule has 0 saturated carbocycles. The van der Waals surface area contributed by atoms with Crippen LogP contribution < -0.4 is 0 Å². The van der Waals surface area contributed by atoms with E-state index in [1.54, 1.807) is 12.4 Å². The zero-order chi connectivity index (χ0) is 14.7. The molecule has 0 aliphatic carbocycles. The first-order valence-electron chi connectivity index (χ1n) is 7.53. The minimum atomic E-state index is -0.240. The van der Waals surface area contributed by atoms with Gasteiger partial charge in [-0.3, -0.25) is 9.78 Å². The molecule has 21 heavy (non-hydrogen) atoms. The number of carbonyl (C=O) groups is 1. The quantitative estimate of drug-likeness (QED) is 0.839. The number of ether oxygens (including phenoxy) is 2. The molecule has 1 aromatic rings. The van der Waals surface area contributed by atoms with Gasteiger partial charge in [0.15, 0.2) is 0 Å². The molecule has 2 atom stereocenters. The third-order valence-corrected chi connectivity index (χ3v) is 4.19. The number of hydrogen-bond donors (Lipinski definition) is 0. The number of hydrogen-bond acceptors (Lipinski definition) is 5. The second kappa shape index (κ2) is 6.07. The van der Waals surface area contributed by atoms with Crippen molar-refractivity contribution >= 4 is 5.91 Å². The lowest BCUT2D eigenvalue weighted by Gasteiger charge is -2.39. The smallest absolute Gasteiger partial charge is 0.274 e. The summed E-state index contributed by atoms with van der Waals surface area (Å²) in [5, 5.41) is 0. The van der Waals surface area contributed by atoms with E-state index < -0.39 is 0 Å². The van der Waals surface area contributed by atoms with Crippen molar-refractivity contribution in [1.29, 1.82) is 0 Å². The topological polar surface area (TPSA) is 64.6 Å². The van der Waals surface area contributed by atoms with Gasteiger partial charge in [-0.2, -0.15) is 0 Å². The van der Waals surface area contributed by atoms with Crippen molar-refractivity contribution in [2.75, 3.05) is 26.3 Å². The second-order valence-corrected chi connectivity index (χ2v) is 5.70. The number of piperidine rings is 1. The third kappa shape index (κ3) is 3.06. The fourth-order valence-electron chi connectivity index (χ4n) is 3.27. The average Bonchev–Trinajstić information content (AvgIpc) is 2.90. The molecule has 6 nitrogen and oxygen atoms in total. The first-order chi connectivity index (χ1) is 10.2. The molecule has 114 valence electrons. The fourth-order valence-corrected chi connectivity index (χ4v) is 3.27. The van der Waals surface area contributed by atoms with Crippen molar-refractivity contribution in [3.63, 3.8) is 0 Å². The highest BCUT2D eigenvalue weighted by atomic mass is 16.6. The Kier molecular flexibility index (Phi) is 4.17. The van der Waals surface area contributed by atoms with E-state index in [2.05, 4.69) is 9.97 Å². The van der Waals surface area contributed by atoms with Gasteiger partial charge in [-0.15, -0.1) is 0 Å². The first kappa shape index (κ1) is 14.4. The maximum absolute atomic E-state index is 12.5. The van der Waals surface area contributed by atoms with Gasteiger partial charge < -0.3 is 14.4 Å². The minimum absolute atomic E-state index is 0.0642. The summed E-state index contributed by atoms with van der Waals surface area (Å²) in [6.45, 7) is 4.69. The van der Waals surface area contributed by atoms with E-state index in [9.17, 15) is 4.79 Å². The maximum Gasteiger partial charge on any atom is 0.274 e. The highest BCUT2D eigenvalue weighted by Gasteiger charge is 2.45. The summed E-state index contributed by atoms with van der Waals surface area (Å²) in [6.07, 6.45) is 7.59. The molecule has 0 radical (unpaired) electrons. The largest absolute Gasteiger partial charge is 0.376 e. The molecule has 3 rings (SSSR count). The molecule has 2 saturated heterocycles. The summed E-state index contributed by atoms with van der Waals surface area (Å²) in [5.74, 6) is -0.0642. The van der Waals surface area contributed by atoms with Crippen molar-refractivity contribution in [3.05, 3.63) is 24.3 Å². The summed E-state index contributed by atoms with van der Waals surface area (Å²) in [4.78, 5) is 22.4. The highest BCUT2D eigenvalue weighted by molar-refractivity contribution is 5.92. The van der Waals surface area contributed by atoms with Crippen molar-refractivity contribution in [3.8, 4) is 0 Å². The Morgan fingerprint density at radius 3 is 3.24 bits per heavy atom. The van der Waals surface area contributed by atoms with Crippen LogP contribution in [0.15, 0.2) is 18.6 Å². The minimum Gasteiger partial charge on any atom is -0.376 e. The molecular weight excluding hydrogens is 270 g/mol. The van der Waals surface area contributed by atoms with Crippen LogP contribution in [0.2, 0.25) is 0 Å². The van der Waals surface area contributed by atoms with Gasteiger partial charge in [0.2, 0.25) is 0 Å². The fraction of sp³-hybridized carbons (Fsp3) is 0.667. The highest BCUT2D eigenvalue weighted by Crippen LogP contribution is 2.36. The summed E-state index contributed by atoms with van der Waals surface area (Å²) in [6, 6.07) is 0. The first-order valence-corrected chi connectivity index (χ1v) is 7.53. The van der Waals surface area contributed by atoms with E-state index in [1.165, 1.54) is 6.20 Å². The monoisotopic (exact) mass is 291 g/mol. The second-order valence-electron chi connectivity index (χ2n) is 5.70. The van der Waals surface area contributed by atoms with E-state index in [4.69, 9.17) is 9.47 Å². The van der Waals surface area contributed by atoms with Crippen LogP contribution in [0.4, 0.5) is 0 Å². The molecule has 2 aliphatic heterocycles. The number of carbonyl (C=O) groups excluding carboxylic acids is 1. The lowest BCUT2D eigenvalue weighted by Crippen LogP contribution is -2.50. The van der Waals surface area contributed by atoms with Gasteiger partial charge in [0.1, 0.15) is 5.69 Å². The predicted molar refractivity (Wildman–Crippen MR) is 75.9 cm³/mol. The van der Waals surface area contributed by atoms with Gasteiger partial charge in [0, 0.05) is 32.0 Å². The standard InChI is InChI=1S/C15H21N3O3/c1-2-20-12-8-15(21-10-12)4-3-7-18(11-15)14(19)13-9-16-5-6-17-13/h5-6,9,12H,2-4,7-8,10-11H2,1H3/t12-,15+/m1/s1. The van der Waals surface area contributed by atoms with Crippen LogP contribution in [-0.2, 0) is 9.47 Å². The van der Waals surface area contributed by atoms with Gasteiger partial charge in [-0.1, -0.05) is 0 Å².